The summed E-state index contributed by atoms with van der Waals surface area (Å²) in [5.41, 5.74) is 1.22. The summed E-state index contributed by atoms with van der Waals surface area (Å²) in [7, 11) is 0. The second-order valence-electron chi connectivity index (χ2n) is 4.51. The quantitative estimate of drug-likeness (QED) is 0.743. The summed E-state index contributed by atoms with van der Waals surface area (Å²) in [6.07, 6.45) is 9.03. The fourth-order valence-corrected chi connectivity index (χ4v) is 2.83. The van der Waals surface area contributed by atoms with Crippen LogP contribution in [0.25, 0.3) is 0 Å². The highest BCUT2D eigenvalue weighted by Crippen LogP contribution is 2.39. The van der Waals surface area contributed by atoms with E-state index >= 15 is 0 Å². The highest BCUT2D eigenvalue weighted by Gasteiger charge is 2.33. The summed E-state index contributed by atoms with van der Waals surface area (Å²) in [5, 5.41) is 8.94. The number of halogens is 1. The summed E-state index contributed by atoms with van der Waals surface area (Å²) >= 11 is 2.33. The largest absolute Gasteiger partial charge is 0.198 e. The zero-order valence-electron chi connectivity index (χ0n) is 9.73. The van der Waals surface area contributed by atoms with E-state index in [4.69, 9.17) is 5.26 Å². The van der Waals surface area contributed by atoms with Crippen LogP contribution in [-0.4, -0.2) is 0 Å². The van der Waals surface area contributed by atoms with Gasteiger partial charge in [-0.1, -0.05) is 43.4 Å². The van der Waals surface area contributed by atoms with Crippen LogP contribution in [0.4, 0.5) is 0 Å². The van der Waals surface area contributed by atoms with Gasteiger partial charge >= 0.3 is 0 Å². The summed E-state index contributed by atoms with van der Waals surface area (Å²) in [5.74, 6) is 0.260. The van der Waals surface area contributed by atoms with E-state index in [1.54, 1.807) is 0 Å². The molecule has 0 radical (unpaired) electrons. The number of hydrogen-bond acceptors (Lipinski definition) is 1. The van der Waals surface area contributed by atoms with Crippen molar-refractivity contribution < 1.29 is 0 Å². The van der Waals surface area contributed by atoms with Gasteiger partial charge in [-0.25, -0.2) is 0 Å². The molecule has 1 nitrogen and oxygen atoms in total. The molecule has 0 aromatic heterocycles. The lowest BCUT2D eigenvalue weighted by Gasteiger charge is -2.34. The molecular formula is C15H14IN. The fourth-order valence-electron chi connectivity index (χ4n) is 2.29. The molecule has 2 rings (SSSR count). The van der Waals surface area contributed by atoms with Gasteiger partial charge in [0, 0.05) is 21.3 Å². The van der Waals surface area contributed by atoms with Crippen molar-refractivity contribution in [1.82, 2.24) is 0 Å². The van der Waals surface area contributed by atoms with Gasteiger partial charge < -0.3 is 0 Å². The van der Waals surface area contributed by atoms with Gasteiger partial charge in [0.05, 0.1) is 6.07 Å². The summed E-state index contributed by atoms with van der Waals surface area (Å²) < 4.78 is 1.24. The number of benzene rings is 1. The van der Waals surface area contributed by atoms with Gasteiger partial charge in [0.15, 0.2) is 0 Å². The van der Waals surface area contributed by atoms with Crippen LogP contribution < -0.4 is 0 Å². The Kier molecular flexibility index (Phi) is 3.68. The molecule has 2 heteroatoms. The van der Waals surface area contributed by atoms with Crippen LogP contribution in [0.15, 0.2) is 48.6 Å². The molecule has 0 heterocycles. The van der Waals surface area contributed by atoms with Gasteiger partial charge in [-0.15, -0.1) is 0 Å². The third-order valence-corrected chi connectivity index (χ3v) is 4.10. The predicted molar refractivity (Wildman–Crippen MR) is 78.5 cm³/mol. The maximum Gasteiger partial charge on any atom is 0.0628 e. The third-order valence-electron chi connectivity index (χ3n) is 3.43. The van der Waals surface area contributed by atoms with Gasteiger partial charge in [0.2, 0.25) is 0 Å². The standard InChI is InChI=1S/C15H14IN/c1-15(13-6-4-7-14(16)11-13)9-3-2-5-12(15)8-10-17/h2-7,9,11-12H,8H2,1H3. The van der Waals surface area contributed by atoms with Gasteiger partial charge in [0.1, 0.15) is 0 Å². The normalized spacial score (nSPS) is 26.8. The van der Waals surface area contributed by atoms with E-state index in [-0.39, 0.29) is 11.3 Å². The Hall–Kier alpha value is -1.08. The lowest BCUT2D eigenvalue weighted by atomic mass is 9.68. The van der Waals surface area contributed by atoms with Gasteiger partial charge in [-0.3, -0.25) is 0 Å². The summed E-state index contributed by atoms with van der Waals surface area (Å²) in [6, 6.07) is 10.8. The second kappa shape index (κ2) is 5.05. The molecule has 0 saturated heterocycles. The van der Waals surface area contributed by atoms with Gasteiger partial charge in [0.25, 0.3) is 0 Å². The molecule has 0 fully saturated rings. The van der Waals surface area contributed by atoms with E-state index < -0.39 is 0 Å². The monoisotopic (exact) mass is 335 g/mol. The van der Waals surface area contributed by atoms with Crippen molar-refractivity contribution in [2.75, 3.05) is 0 Å². The Morgan fingerprint density at radius 2 is 2.24 bits per heavy atom. The lowest BCUT2D eigenvalue weighted by molar-refractivity contribution is 0.431. The Morgan fingerprint density at radius 3 is 2.94 bits per heavy atom. The number of rotatable bonds is 2. The van der Waals surface area contributed by atoms with Crippen molar-refractivity contribution >= 4 is 22.6 Å². The van der Waals surface area contributed by atoms with Crippen LogP contribution in [0.1, 0.15) is 18.9 Å². The van der Waals surface area contributed by atoms with Crippen molar-refractivity contribution in [2.24, 2.45) is 5.92 Å². The average molecular weight is 335 g/mol. The number of nitriles is 1. The Labute approximate surface area is 116 Å². The Balaban J connectivity index is 2.43. The highest BCUT2D eigenvalue weighted by atomic mass is 127. The first-order valence-electron chi connectivity index (χ1n) is 5.66. The lowest BCUT2D eigenvalue weighted by Crippen LogP contribution is -2.30. The maximum atomic E-state index is 8.94. The molecule has 17 heavy (non-hydrogen) atoms. The third kappa shape index (κ3) is 2.44. The zero-order chi connectivity index (χ0) is 12.3. The van der Waals surface area contributed by atoms with Crippen molar-refractivity contribution in [3.8, 4) is 6.07 Å². The van der Waals surface area contributed by atoms with Crippen LogP contribution in [0.3, 0.4) is 0 Å². The SMILES string of the molecule is CC1(c2cccc(I)c2)C=CC=CC1CC#N. The molecule has 0 amide bonds. The van der Waals surface area contributed by atoms with Crippen LogP contribution in [0.2, 0.25) is 0 Å². The molecule has 2 atom stereocenters. The topological polar surface area (TPSA) is 23.8 Å². The van der Waals surface area contributed by atoms with Crippen LogP contribution in [-0.2, 0) is 5.41 Å². The van der Waals surface area contributed by atoms with Crippen molar-refractivity contribution in [2.45, 2.75) is 18.8 Å². The van der Waals surface area contributed by atoms with Crippen molar-refractivity contribution in [1.29, 1.82) is 5.26 Å². The summed E-state index contributed by atoms with van der Waals surface area (Å²) in [6.45, 7) is 2.21. The minimum Gasteiger partial charge on any atom is -0.198 e. The number of allylic oxidation sites excluding steroid dienone is 4. The molecule has 0 bridgehead atoms. The van der Waals surface area contributed by atoms with Crippen LogP contribution >= 0.6 is 22.6 Å². The van der Waals surface area contributed by atoms with Crippen molar-refractivity contribution in [3.63, 3.8) is 0 Å². The molecule has 0 N–H and O–H groups in total. The molecule has 0 spiro atoms. The Bertz CT molecular complexity index is 510. The minimum atomic E-state index is -0.0638. The second-order valence-corrected chi connectivity index (χ2v) is 5.75. The molecule has 1 aliphatic rings. The van der Waals surface area contributed by atoms with E-state index in [9.17, 15) is 0 Å². The molecule has 2 unspecified atom stereocenters. The predicted octanol–water partition coefficient (Wildman–Crippen LogP) is 4.20. The average Bonchev–Trinajstić information content (AvgIpc) is 2.32. The van der Waals surface area contributed by atoms with Gasteiger partial charge in [-0.05, 0) is 40.3 Å². The van der Waals surface area contributed by atoms with Gasteiger partial charge in [-0.2, -0.15) is 5.26 Å². The molecule has 0 saturated carbocycles. The van der Waals surface area contributed by atoms with E-state index in [0.29, 0.717) is 6.42 Å². The highest BCUT2D eigenvalue weighted by molar-refractivity contribution is 14.1. The maximum absolute atomic E-state index is 8.94. The van der Waals surface area contributed by atoms with E-state index in [1.165, 1.54) is 9.13 Å². The van der Waals surface area contributed by atoms with E-state index in [0.717, 1.165) is 0 Å². The van der Waals surface area contributed by atoms with Crippen LogP contribution in [0.5, 0.6) is 0 Å². The Morgan fingerprint density at radius 1 is 1.41 bits per heavy atom. The first-order valence-corrected chi connectivity index (χ1v) is 6.74. The number of nitrogens with zero attached hydrogens (tertiary/aromatic N) is 1. The van der Waals surface area contributed by atoms with Crippen molar-refractivity contribution in [3.05, 3.63) is 57.7 Å². The summed E-state index contributed by atoms with van der Waals surface area (Å²) in [4.78, 5) is 0. The van der Waals surface area contributed by atoms with E-state index in [2.05, 4.69) is 78.1 Å². The minimum absolute atomic E-state index is 0.0638. The zero-order valence-corrected chi connectivity index (χ0v) is 11.9. The number of hydrogen-bond donors (Lipinski definition) is 0. The fraction of sp³-hybridized carbons (Fsp3) is 0.267. The molecule has 1 aliphatic carbocycles. The first-order chi connectivity index (χ1) is 8.16. The first kappa shape index (κ1) is 12.4. The smallest absolute Gasteiger partial charge is 0.0628 e. The molecular weight excluding hydrogens is 321 g/mol. The molecule has 1 aromatic rings. The molecule has 86 valence electrons. The molecule has 0 aliphatic heterocycles. The van der Waals surface area contributed by atoms with Crippen LogP contribution in [0, 0.1) is 20.8 Å². The molecule has 1 aromatic carbocycles. The van der Waals surface area contributed by atoms with E-state index in [1.807, 2.05) is 6.08 Å².